The Morgan fingerprint density at radius 3 is 2.36 bits per heavy atom. The number of nitrogens with zero attached hydrogens (tertiary/aromatic N) is 1. The molecular formula is C20H25NSn. The van der Waals surface area contributed by atoms with Crippen LogP contribution in [0.25, 0.3) is 16.5 Å². The molecule has 0 amide bonds. The van der Waals surface area contributed by atoms with Gasteiger partial charge in [-0.3, -0.25) is 0 Å². The number of aromatic nitrogens is 1. The summed E-state index contributed by atoms with van der Waals surface area (Å²) in [6.45, 7) is 7.00. The average molecular weight is 398 g/mol. The number of fused-ring (bicyclic) bond motifs is 1. The molecule has 1 aliphatic carbocycles. The molecule has 3 rings (SSSR count). The summed E-state index contributed by atoms with van der Waals surface area (Å²) in [7, 11) is 0. The van der Waals surface area contributed by atoms with Gasteiger partial charge in [0.05, 0.1) is 0 Å². The molecule has 0 bridgehead atoms. The monoisotopic (exact) mass is 399 g/mol. The van der Waals surface area contributed by atoms with Crippen LogP contribution in [0.2, 0.25) is 14.8 Å². The fraction of sp³-hybridized carbons (Fsp3) is 0.350. The predicted octanol–water partition coefficient (Wildman–Crippen LogP) is 5.85. The van der Waals surface area contributed by atoms with Gasteiger partial charge in [0, 0.05) is 0 Å². The van der Waals surface area contributed by atoms with E-state index in [2.05, 4.69) is 59.9 Å². The van der Waals surface area contributed by atoms with Gasteiger partial charge in [-0.15, -0.1) is 0 Å². The molecule has 1 aromatic carbocycles. The molecule has 1 aromatic heterocycles. The summed E-state index contributed by atoms with van der Waals surface area (Å²) in [6.07, 6.45) is 1.92. The summed E-state index contributed by atoms with van der Waals surface area (Å²) in [5.74, 6) is 0.513. The summed E-state index contributed by atoms with van der Waals surface area (Å²) < 4.78 is 1.71. The van der Waals surface area contributed by atoms with E-state index in [9.17, 15) is 0 Å². The summed E-state index contributed by atoms with van der Waals surface area (Å²) >= 11 is -2.20. The van der Waals surface area contributed by atoms with Crippen molar-refractivity contribution in [1.82, 2.24) is 4.98 Å². The number of hydrogen-bond acceptors (Lipinski definition) is 1. The number of pyridine rings is 1. The zero-order valence-corrected chi connectivity index (χ0v) is 17.3. The first-order chi connectivity index (χ1) is 10.3. The van der Waals surface area contributed by atoms with Crippen molar-refractivity contribution in [1.29, 1.82) is 0 Å². The predicted molar refractivity (Wildman–Crippen MR) is 99.5 cm³/mol. The van der Waals surface area contributed by atoms with Crippen molar-refractivity contribution in [2.45, 2.75) is 35.6 Å². The van der Waals surface area contributed by atoms with Gasteiger partial charge in [-0.05, 0) is 0 Å². The van der Waals surface area contributed by atoms with E-state index in [0.29, 0.717) is 5.92 Å². The van der Waals surface area contributed by atoms with Crippen molar-refractivity contribution in [2.24, 2.45) is 5.92 Å². The van der Waals surface area contributed by atoms with Gasteiger partial charge < -0.3 is 0 Å². The Hall–Kier alpha value is -1.09. The molecule has 114 valence electrons. The Morgan fingerprint density at radius 2 is 1.68 bits per heavy atom. The van der Waals surface area contributed by atoms with Crippen molar-refractivity contribution in [2.75, 3.05) is 0 Å². The summed E-state index contributed by atoms with van der Waals surface area (Å²) in [5.41, 5.74) is 7.16. The molecule has 0 spiro atoms. The first kappa shape index (κ1) is 15.8. The van der Waals surface area contributed by atoms with Gasteiger partial charge in [-0.2, -0.15) is 0 Å². The van der Waals surface area contributed by atoms with E-state index in [0.717, 1.165) is 5.52 Å². The molecule has 1 atom stereocenters. The molecule has 22 heavy (non-hydrogen) atoms. The maximum atomic E-state index is 4.70. The number of allylic oxidation sites excluding steroid dienone is 4. The van der Waals surface area contributed by atoms with E-state index in [1.54, 1.807) is 20.3 Å². The normalized spacial score (nSPS) is 19.5. The van der Waals surface area contributed by atoms with Crippen LogP contribution >= 0.6 is 0 Å². The molecule has 0 saturated heterocycles. The third-order valence-electron chi connectivity index (χ3n) is 4.99. The van der Waals surface area contributed by atoms with Gasteiger partial charge in [0.25, 0.3) is 0 Å². The zero-order valence-electron chi connectivity index (χ0n) is 14.5. The van der Waals surface area contributed by atoms with Gasteiger partial charge >= 0.3 is 138 Å². The summed E-state index contributed by atoms with van der Waals surface area (Å²) in [4.78, 5) is 12.3. The maximum absolute atomic E-state index is 4.70. The van der Waals surface area contributed by atoms with Gasteiger partial charge in [0.2, 0.25) is 0 Å². The van der Waals surface area contributed by atoms with Crippen LogP contribution in [-0.2, 0) is 0 Å². The Kier molecular flexibility index (Phi) is 3.96. The SMILES string of the molecule is CC1=C(C)C(C)C(c2cccc3cccnc23)=[C]1[Sn]([CH3])([CH3])[CH3]. The van der Waals surface area contributed by atoms with E-state index in [-0.39, 0.29) is 0 Å². The zero-order chi connectivity index (χ0) is 16.1. The van der Waals surface area contributed by atoms with Crippen LogP contribution in [0.3, 0.4) is 0 Å². The third kappa shape index (κ3) is 2.43. The Balaban J connectivity index is 2.35. The molecule has 1 heterocycles. The van der Waals surface area contributed by atoms with Crippen molar-refractivity contribution < 1.29 is 0 Å². The third-order valence-corrected chi connectivity index (χ3v) is 11.1. The molecule has 2 aromatic rings. The minimum absolute atomic E-state index is 0.513. The molecule has 0 radical (unpaired) electrons. The van der Waals surface area contributed by atoms with E-state index < -0.39 is 18.4 Å². The van der Waals surface area contributed by atoms with E-state index >= 15 is 0 Å². The van der Waals surface area contributed by atoms with Crippen LogP contribution in [0.5, 0.6) is 0 Å². The van der Waals surface area contributed by atoms with Gasteiger partial charge in [0.1, 0.15) is 0 Å². The molecule has 0 fully saturated rings. The van der Waals surface area contributed by atoms with Gasteiger partial charge in [-0.1, -0.05) is 0 Å². The molecular weight excluding hydrogens is 373 g/mol. The standard InChI is InChI=1S/C17H16N.3CH3.Sn/c1-11-10-16(13(3)12(11)2)15-8-4-6-14-7-5-9-18-17(14)15;;;;/h4-9,13H,1-3H3;3*1H3;. The topological polar surface area (TPSA) is 12.9 Å². The molecule has 0 N–H and O–H groups in total. The van der Waals surface area contributed by atoms with Gasteiger partial charge in [0.15, 0.2) is 0 Å². The summed E-state index contributed by atoms with van der Waals surface area (Å²) in [5, 5.41) is 1.24. The first-order valence-corrected chi connectivity index (χ1v) is 18.1. The van der Waals surface area contributed by atoms with Crippen LogP contribution in [0, 0.1) is 5.92 Å². The van der Waals surface area contributed by atoms with Crippen LogP contribution in [0.15, 0.2) is 51.3 Å². The first-order valence-electron chi connectivity index (χ1n) is 8.09. The Bertz CT molecular complexity index is 801. The van der Waals surface area contributed by atoms with E-state index in [1.165, 1.54) is 10.9 Å². The molecule has 0 saturated carbocycles. The molecule has 0 aliphatic heterocycles. The van der Waals surface area contributed by atoms with Gasteiger partial charge in [-0.25, -0.2) is 0 Å². The van der Waals surface area contributed by atoms with E-state index in [1.807, 2.05) is 12.3 Å². The van der Waals surface area contributed by atoms with Crippen LogP contribution < -0.4 is 0 Å². The van der Waals surface area contributed by atoms with Crippen LogP contribution in [0.4, 0.5) is 0 Å². The molecule has 2 heteroatoms. The number of hydrogen-bond donors (Lipinski definition) is 0. The van der Waals surface area contributed by atoms with Crippen molar-refractivity contribution in [3.63, 3.8) is 0 Å². The van der Waals surface area contributed by atoms with E-state index in [4.69, 9.17) is 4.98 Å². The number of benzene rings is 1. The second-order valence-electron chi connectivity index (χ2n) is 7.45. The fourth-order valence-electron chi connectivity index (χ4n) is 3.81. The molecule has 1 aliphatic rings. The van der Waals surface area contributed by atoms with Crippen LogP contribution in [0.1, 0.15) is 26.3 Å². The number of para-hydroxylation sites is 1. The summed E-state index contributed by atoms with van der Waals surface area (Å²) in [6, 6.07) is 10.8. The Morgan fingerprint density at radius 1 is 1.00 bits per heavy atom. The van der Waals surface area contributed by atoms with Crippen molar-refractivity contribution >= 4 is 34.9 Å². The minimum atomic E-state index is -2.20. The quantitative estimate of drug-likeness (QED) is 0.579. The van der Waals surface area contributed by atoms with Crippen molar-refractivity contribution in [3.8, 4) is 0 Å². The fourth-order valence-corrected chi connectivity index (χ4v) is 10.9. The second kappa shape index (κ2) is 5.52. The second-order valence-corrected chi connectivity index (χ2v) is 21.7. The molecule has 1 nitrogen and oxygen atoms in total. The Labute approximate surface area is 138 Å². The van der Waals surface area contributed by atoms with Crippen molar-refractivity contribution in [3.05, 3.63) is 56.8 Å². The average Bonchev–Trinajstić information content (AvgIpc) is 2.70. The van der Waals surface area contributed by atoms with Crippen LogP contribution in [-0.4, -0.2) is 23.4 Å². The molecule has 1 unspecified atom stereocenters. The number of rotatable bonds is 2.